The van der Waals surface area contributed by atoms with Crippen LogP contribution in [0.25, 0.3) is 6.08 Å². The Balaban J connectivity index is 2.56. The monoisotopic (exact) mass is 262 g/mol. The smallest absolute Gasteiger partial charge is 0.244 e. The number of amides is 2. The van der Waals surface area contributed by atoms with Gasteiger partial charge in [-0.25, -0.2) is 0 Å². The number of carbonyl (C=O) groups excluding carboxylic acids is 2. The second kappa shape index (κ2) is 7.20. The number of likely N-dealkylation sites (N-methyl/N-ethyl adjacent to an activating group) is 1. The number of ether oxygens (including phenoxy) is 1. The lowest BCUT2D eigenvalue weighted by Gasteiger charge is -2.09. The van der Waals surface area contributed by atoms with Gasteiger partial charge in [-0.2, -0.15) is 0 Å². The van der Waals surface area contributed by atoms with E-state index in [1.807, 2.05) is 24.3 Å². The lowest BCUT2D eigenvalue weighted by Crippen LogP contribution is -2.35. The van der Waals surface area contributed by atoms with Crippen molar-refractivity contribution >= 4 is 17.9 Å². The number of para-hydroxylation sites is 1. The van der Waals surface area contributed by atoms with Crippen LogP contribution in [0.5, 0.6) is 5.75 Å². The second-order valence-electron chi connectivity index (χ2n) is 4.08. The van der Waals surface area contributed by atoms with Crippen molar-refractivity contribution in [2.75, 3.05) is 27.7 Å². The molecule has 0 saturated heterocycles. The molecule has 0 aliphatic heterocycles. The molecule has 0 aliphatic carbocycles. The van der Waals surface area contributed by atoms with Crippen molar-refractivity contribution in [2.24, 2.45) is 0 Å². The van der Waals surface area contributed by atoms with E-state index in [2.05, 4.69) is 5.32 Å². The van der Waals surface area contributed by atoms with Gasteiger partial charge >= 0.3 is 0 Å². The van der Waals surface area contributed by atoms with Crippen molar-refractivity contribution in [1.29, 1.82) is 0 Å². The molecule has 1 aromatic carbocycles. The van der Waals surface area contributed by atoms with E-state index < -0.39 is 0 Å². The number of rotatable bonds is 5. The van der Waals surface area contributed by atoms with Gasteiger partial charge in [0.15, 0.2) is 0 Å². The molecule has 2 amide bonds. The molecule has 0 heterocycles. The molecule has 19 heavy (non-hydrogen) atoms. The summed E-state index contributed by atoms with van der Waals surface area (Å²) in [5.41, 5.74) is 0.805. The standard InChI is InChI=1S/C14H18N2O3/c1-16(2)14(18)10-15-13(17)9-8-11-6-4-5-7-12(11)19-3/h4-9H,10H2,1-3H3,(H,15,17)/b9-8+. The lowest BCUT2D eigenvalue weighted by molar-refractivity contribution is -0.129. The number of methoxy groups -OCH3 is 1. The molecule has 102 valence electrons. The van der Waals surface area contributed by atoms with Crippen LogP contribution in [0.2, 0.25) is 0 Å². The largest absolute Gasteiger partial charge is 0.496 e. The zero-order chi connectivity index (χ0) is 14.3. The number of nitrogens with zero attached hydrogens (tertiary/aromatic N) is 1. The van der Waals surface area contributed by atoms with Crippen LogP contribution in [-0.4, -0.2) is 44.5 Å². The van der Waals surface area contributed by atoms with Gasteiger partial charge in [0.05, 0.1) is 13.7 Å². The third-order valence-corrected chi connectivity index (χ3v) is 2.47. The average molecular weight is 262 g/mol. The molecule has 0 aromatic heterocycles. The van der Waals surface area contributed by atoms with Crippen LogP contribution in [-0.2, 0) is 9.59 Å². The van der Waals surface area contributed by atoms with Gasteiger partial charge in [0.2, 0.25) is 11.8 Å². The highest BCUT2D eigenvalue weighted by molar-refractivity contribution is 5.94. The van der Waals surface area contributed by atoms with E-state index in [-0.39, 0.29) is 18.4 Å². The van der Waals surface area contributed by atoms with Crippen LogP contribution in [0.3, 0.4) is 0 Å². The topological polar surface area (TPSA) is 58.6 Å². The minimum absolute atomic E-state index is 0.0118. The summed E-state index contributed by atoms with van der Waals surface area (Å²) in [6.07, 6.45) is 3.02. The Hall–Kier alpha value is -2.30. The summed E-state index contributed by atoms with van der Waals surface area (Å²) in [6.45, 7) is -0.0118. The zero-order valence-electron chi connectivity index (χ0n) is 11.3. The first-order chi connectivity index (χ1) is 9.04. The van der Waals surface area contributed by atoms with Gasteiger partial charge < -0.3 is 15.0 Å². The number of benzene rings is 1. The van der Waals surface area contributed by atoms with Crippen LogP contribution < -0.4 is 10.1 Å². The maximum absolute atomic E-state index is 11.5. The highest BCUT2D eigenvalue weighted by Crippen LogP contribution is 2.18. The third kappa shape index (κ3) is 4.83. The van der Waals surface area contributed by atoms with Crippen molar-refractivity contribution < 1.29 is 14.3 Å². The molecule has 5 nitrogen and oxygen atoms in total. The van der Waals surface area contributed by atoms with Crippen LogP contribution in [0.15, 0.2) is 30.3 Å². The highest BCUT2D eigenvalue weighted by Gasteiger charge is 2.05. The minimum atomic E-state index is -0.318. The SMILES string of the molecule is COc1ccccc1/C=C/C(=O)NCC(=O)N(C)C. The number of hydrogen-bond donors (Lipinski definition) is 1. The molecule has 0 aliphatic rings. The fraction of sp³-hybridized carbons (Fsp3) is 0.286. The summed E-state index contributed by atoms with van der Waals surface area (Å²) < 4.78 is 5.16. The fourth-order valence-electron chi connectivity index (χ4n) is 1.35. The van der Waals surface area contributed by atoms with E-state index in [0.717, 1.165) is 5.56 Å². The maximum Gasteiger partial charge on any atom is 0.244 e. The molecule has 5 heteroatoms. The minimum Gasteiger partial charge on any atom is -0.496 e. The summed E-state index contributed by atoms with van der Waals surface area (Å²) in [5.74, 6) is 0.219. The Labute approximate surface area is 112 Å². The van der Waals surface area contributed by atoms with Crippen LogP contribution >= 0.6 is 0 Å². The predicted octanol–water partition coefficient (Wildman–Crippen LogP) is 0.913. The van der Waals surface area contributed by atoms with Crippen molar-refractivity contribution in [2.45, 2.75) is 0 Å². The maximum atomic E-state index is 11.5. The molecular weight excluding hydrogens is 244 g/mol. The van der Waals surface area contributed by atoms with Gasteiger partial charge in [0, 0.05) is 25.7 Å². The van der Waals surface area contributed by atoms with Gasteiger partial charge in [-0.05, 0) is 12.1 Å². The summed E-state index contributed by atoms with van der Waals surface area (Å²) in [7, 11) is 4.85. The van der Waals surface area contributed by atoms with E-state index >= 15 is 0 Å². The molecule has 1 rings (SSSR count). The molecule has 0 bridgehead atoms. The summed E-state index contributed by atoms with van der Waals surface area (Å²) in [5, 5.41) is 2.51. The normalized spacial score (nSPS) is 10.3. The highest BCUT2D eigenvalue weighted by atomic mass is 16.5. The molecular formula is C14H18N2O3. The second-order valence-corrected chi connectivity index (χ2v) is 4.08. The zero-order valence-corrected chi connectivity index (χ0v) is 11.3. The lowest BCUT2D eigenvalue weighted by atomic mass is 10.2. The van der Waals surface area contributed by atoms with Gasteiger partial charge in [-0.15, -0.1) is 0 Å². The van der Waals surface area contributed by atoms with E-state index in [4.69, 9.17) is 4.74 Å². The van der Waals surface area contributed by atoms with Crippen molar-refractivity contribution in [1.82, 2.24) is 10.2 Å². The quantitative estimate of drug-likeness (QED) is 0.803. The molecule has 0 fully saturated rings. The van der Waals surface area contributed by atoms with Crippen LogP contribution in [0, 0.1) is 0 Å². The molecule has 0 unspecified atom stereocenters. The first kappa shape index (κ1) is 14.8. The molecule has 1 N–H and O–H groups in total. The van der Waals surface area contributed by atoms with Crippen LogP contribution in [0.1, 0.15) is 5.56 Å². The number of hydrogen-bond acceptors (Lipinski definition) is 3. The molecule has 0 saturated carbocycles. The van der Waals surface area contributed by atoms with Gasteiger partial charge in [-0.1, -0.05) is 18.2 Å². The van der Waals surface area contributed by atoms with Crippen LogP contribution in [0.4, 0.5) is 0 Å². The molecule has 1 aromatic rings. The van der Waals surface area contributed by atoms with E-state index in [1.165, 1.54) is 11.0 Å². The van der Waals surface area contributed by atoms with E-state index in [0.29, 0.717) is 5.75 Å². The Morgan fingerprint density at radius 2 is 2.00 bits per heavy atom. The van der Waals surface area contributed by atoms with Gasteiger partial charge in [-0.3, -0.25) is 9.59 Å². The average Bonchev–Trinajstić information content (AvgIpc) is 2.42. The summed E-state index contributed by atoms with van der Waals surface area (Å²) in [4.78, 5) is 24.2. The molecule has 0 radical (unpaired) electrons. The first-order valence-electron chi connectivity index (χ1n) is 5.83. The molecule has 0 atom stereocenters. The van der Waals surface area contributed by atoms with E-state index in [9.17, 15) is 9.59 Å². The van der Waals surface area contributed by atoms with Crippen molar-refractivity contribution in [3.8, 4) is 5.75 Å². The number of carbonyl (C=O) groups is 2. The fourth-order valence-corrected chi connectivity index (χ4v) is 1.35. The Morgan fingerprint density at radius 3 is 2.63 bits per heavy atom. The Morgan fingerprint density at radius 1 is 1.32 bits per heavy atom. The molecule has 0 spiro atoms. The third-order valence-electron chi connectivity index (χ3n) is 2.47. The Kier molecular flexibility index (Phi) is 5.60. The van der Waals surface area contributed by atoms with Gasteiger partial charge in [0.1, 0.15) is 5.75 Å². The van der Waals surface area contributed by atoms with Crippen molar-refractivity contribution in [3.63, 3.8) is 0 Å². The van der Waals surface area contributed by atoms with Crippen molar-refractivity contribution in [3.05, 3.63) is 35.9 Å². The van der Waals surface area contributed by atoms with E-state index in [1.54, 1.807) is 27.3 Å². The number of nitrogens with one attached hydrogen (secondary N) is 1. The van der Waals surface area contributed by atoms with Gasteiger partial charge in [0.25, 0.3) is 0 Å². The summed E-state index contributed by atoms with van der Waals surface area (Å²) in [6, 6.07) is 7.36. The Bertz CT molecular complexity index is 481. The first-order valence-corrected chi connectivity index (χ1v) is 5.83. The summed E-state index contributed by atoms with van der Waals surface area (Å²) >= 11 is 0. The predicted molar refractivity (Wildman–Crippen MR) is 73.7 cm³/mol.